The van der Waals surface area contributed by atoms with Crippen molar-refractivity contribution >= 4 is 22.9 Å². The van der Waals surface area contributed by atoms with Crippen molar-refractivity contribution in [1.82, 2.24) is 14.4 Å². The van der Waals surface area contributed by atoms with Crippen molar-refractivity contribution in [2.45, 2.75) is 39.3 Å². The van der Waals surface area contributed by atoms with Crippen LogP contribution in [0.25, 0.3) is 11.1 Å². The first-order valence-corrected chi connectivity index (χ1v) is 11.2. The Balaban J connectivity index is 1.34. The summed E-state index contributed by atoms with van der Waals surface area (Å²) in [5.41, 5.74) is 3.34. The van der Waals surface area contributed by atoms with Gasteiger partial charge in [0.15, 0.2) is 5.58 Å². The van der Waals surface area contributed by atoms with Crippen LogP contribution in [0, 0.1) is 5.92 Å². The Morgan fingerprint density at radius 1 is 1.06 bits per heavy atom. The van der Waals surface area contributed by atoms with Crippen LogP contribution in [0.5, 0.6) is 0 Å². The number of hydrogen-bond acceptors (Lipinski definition) is 4. The van der Waals surface area contributed by atoms with Gasteiger partial charge < -0.3 is 14.2 Å². The summed E-state index contributed by atoms with van der Waals surface area (Å²) in [7, 11) is 0. The van der Waals surface area contributed by atoms with Crippen LogP contribution in [0.15, 0.2) is 51.7 Å². The van der Waals surface area contributed by atoms with Gasteiger partial charge in [0.1, 0.15) is 0 Å². The van der Waals surface area contributed by atoms with Crippen molar-refractivity contribution in [3.63, 3.8) is 0 Å². The molecule has 7 nitrogen and oxygen atoms in total. The zero-order valence-corrected chi connectivity index (χ0v) is 18.4. The molecule has 1 saturated heterocycles. The lowest BCUT2D eigenvalue weighted by atomic mass is 9.99. The number of amides is 2. The second-order valence-electron chi connectivity index (χ2n) is 9.15. The fourth-order valence-corrected chi connectivity index (χ4v) is 5.01. The number of oxazole rings is 1. The number of carbonyl (C=O) groups is 2. The van der Waals surface area contributed by atoms with E-state index < -0.39 is 0 Å². The number of piperidine rings is 1. The molecule has 0 saturated carbocycles. The van der Waals surface area contributed by atoms with E-state index in [4.69, 9.17) is 4.42 Å². The molecule has 3 aromatic rings. The molecule has 166 valence electrons. The van der Waals surface area contributed by atoms with Crippen LogP contribution in [-0.2, 0) is 6.54 Å². The summed E-state index contributed by atoms with van der Waals surface area (Å²) >= 11 is 0. The third-order valence-electron chi connectivity index (χ3n) is 6.46. The third kappa shape index (κ3) is 3.42. The Morgan fingerprint density at radius 2 is 1.81 bits per heavy atom. The highest BCUT2D eigenvalue weighted by Crippen LogP contribution is 2.30. The van der Waals surface area contributed by atoms with Crippen molar-refractivity contribution in [1.29, 1.82) is 0 Å². The predicted octanol–water partition coefficient (Wildman–Crippen LogP) is 3.68. The fraction of sp³-hybridized carbons (Fsp3) is 0.400. The van der Waals surface area contributed by atoms with Gasteiger partial charge in [-0.15, -0.1) is 0 Å². The van der Waals surface area contributed by atoms with Crippen LogP contribution < -0.4 is 5.76 Å². The lowest BCUT2D eigenvalue weighted by molar-refractivity contribution is 0.0679. The van der Waals surface area contributed by atoms with Crippen LogP contribution >= 0.6 is 0 Å². The second-order valence-corrected chi connectivity index (χ2v) is 9.15. The standard InChI is InChI=1S/C25H27N3O4/c1-16(2)14-27-15-17-6-5-7-19(22(17)24(27)30)23(29)26-12-10-18(11-13-26)28-20-8-3-4-9-21(20)32-25(28)31/h3-9,16,18H,10-15H2,1-2H3. The van der Waals surface area contributed by atoms with Gasteiger partial charge in [0.05, 0.1) is 16.6 Å². The minimum absolute atomic E-state index is 0.0140. The summed E-state index contributed by atoms with van der Waals surface area (Å²) in [6.07, 6.45) is 1.33. The number of para-hydroxylation sites is 2. The number of likely N-dealkylation sites (tertiary alicyclic amines) is 1. The summed E-state index contributed by atoms with van der Waals surface area (Å²) < 4.78 is 7.09. The largest absolute Gasteiger partial charge is 0.420 e. The van der Waals surface area contributed by atoms with Gasteiger partial charge in [-0.25, -0.2) is 4.79 Å². The van der Waals surface area contributed by atoms with Gasteiger partial charge >= 0.3 is 5.76 Å². The molecule has 5 rings (SSSR count). The zero-order valence-electron chi connectivity index (χ0n) is 18.4. The molecule has 0 aliphatic carbocycles. The fourth-order valence-electron chi connectivity index (χ4n) is 5.01. The Morgan fingerprint density at radius 3 is 2.56 bits per heavy atom. The van der Waals surface area contributed by atoms with Gasteiger partial charge in [0, 0.05) is 32.2 Å². The van der Waals surface area contributed by atoms with Crippen molar-refractivity contribution in [2.75, 3.05) is 19.6 Å². The number of fused-ring (bicyclic) bond motifs is 2. The molecule has 1 aromatic heterocycles. The van der Waals surface area contributed by atoms with Crippen LogP contribution in [-0.4, -0.2) is 45.8 Å². The number of aromatic nitrogens is 1. The molecule has 0 unspecified atom stereocenters. The molecule has 3 heterocycles. The molecule has 0 bridgehead atoms. The summed E-state index contributed by atoms with van der Waals surface area (Å²) in [4.78, 5) is 42.4. The number of rotatable bonds is 4. The van der Waals surface area contributed by atoms with E-state index in [0.717, 1.165) is 11.1 Å². The highest BCUT2D eigenvalue weighted by atomic mass is 16.4. The van der Waals surface area contributed by atoms with Crippen molar-refractivity contribution < 1.29 is 14.0 Å². The molecule has 2 aliphatic rings. The first-order chi connectivity index (χ1) is 15.4. The van der Waals surface area contributed by atoms with Crippen LogP contribution in [0.3, 0.4) is 0 Å². The molecule has 2 aliphatic heterocycles. The molecule has 1 fully saturated rings. The Labute approximate surface area is 186 Å². The molecular formula is C25H27N3O4. The lowest BCUT2D eigenvalue weighted by Crippen LogP contribution is -2.41. The van der Waals surface area contributed by atoms with Crippen molar-refractivity contribution in [3.05, 3.63) is 69.7 Å². The molecule has 2 amide bonds. The minimum atomic E-state index is -0.354. The summed E-state index contributed by atoms with van der Waals surface area (Å²) in [5, 5.41) is 0. The second kappa shape index (κ2) is 7.97. The Kier molecular flexibility index (Phi) is 5.12. The molecule has 0 spiro atoms. The van der Waals surface area contributed by atoms with E-state index >= 15 is 0 Å². The summed E-state index contributed by atoms with van der Waals surface area (Å²) in [6, 6.07) is 13.0. The van der Waals surface area contributed by atoms with E-state index in [0.29, 0.717) is 61.6 Å². The Bertz CT molecular complexity index is 1250. The van der Waals surface area contributed by atoms with E-state index in [1.165, 1.54) is 0 Å². The maximum absolute atomic E-state index is 13.4. The normalized spacial score (nSPS) is 16.9. The third-order valence-corrected chi connectivity index (χ3v) is 6.46. The van der Waals surface area contributed by atoms with Gasteiger partial charge in [0.2, 0.25) is 0 Å². The first-order valence-electron chi connectivity index (χ1n) is 11.2. The van der Waals surface area contributed by atoms with Crippen molar-refractivity contribution in [2.24, 2.45) is 5.92 Å². The van der Waals surface area contributed by atoms with Crippen molar-refractivity contribution in [3.8, 4) is 0 Å². The number of carbonyl (C=O) groups excluding carboxylic acids is 2. The highest BCUT2D eigenvalue weighted by molar-refractivity contribution is 6.09. The number of benzene rings is 2. The molecule has 0 atom stereocenters. The number of nitrogens with zero attached hydrogens (tertiary/aromatic N) is 3. The molecule has 7 heteroatoms. The highest BCUT2D eigenvalue weighted by Gasteiger charge is 2.34. The van der Waals surface area contributed by atoms with E-state index in [1.807, 2.05) is 35.2 Å². The average Bonchev–Trinajstić information content (AvgIpc) is 3.28. The van der Waals surface area contributed by atoms with Gasteiger partial charge in [-0.05, 0) is 42.5 Å². The van der Waals surface area contributed by atoms with Gasteiger partial charge in [-0.1, -0.05) is 38.1 Å². The first kappa shape index (κ1) is 20.5. The van der Waals surface area contributed by atoms with Crippen LogP contribution in [0.4, 0.5) is 0 Å². The maximum Gasteiger partial charge on any atom is 0.420 e. The molecule has 32 heavy (non-hydrogen) atoms. The average molecular weight is 434 g/mol. The van der Waals surface area contributed by atoms with Crippen LogP contribution in [0.1, 0.15) is 59.0 Å². The van der Waals surface area contributed by atoms with Crippen LogP contribution in [0.2, 0.25) is 0 Å². The van der Waals surface area contributed by atoms with Gasteiger partial charge in [-0.2, -0.15) is 0 Å². The van der Waals surface area contributed by atoms with E-state index in [1.54, 1.807) is 21.6 Å². The number of hydrogen-bond donors (Lipinski definition) is 0. The van der Waals surface area contributed by atoms with Gasteiger partial charge in [0.25, 0.3) is 11.8 Å². The summed E-state index contributed by atoms with van der Waals surface area (Å²) in [6.45, 7) is 6.47. The summed E-state index contributed by atoms with van der Waals surface area (Å²) in [5.74, 6) is -0.144. The SMILES string of the molecule is CC(C)CN1Cc2cccc(C(=O)N3CCC(n4c(=O)oc5ccccc54)CC3)c2C1=O. The Hall–Kier alpha value is -3.35. The molecular weight excluding hydrogens is 406 g/mol. The van der Waals surface area contributed by atoms with E-state index in [2.05, 4.69) is 13.8 Å². The predicted molar refractivity (Wildman–Crippen MR) is 121 cm³/mol. The molecule has 0 N–H and O–H groups in total. The topological polar surface area (TPSA) is 75.8 Å². The van der Waals surface area contributed by atoms with E-state index in [9.17, 15) is 14.4 Å². The molecule has 0 radical (unpaired) electrons. The maximum atomic E-state index is 13.4. The monoisotopic (exact) mass is 433 g/mol. The quantitative estimate of drug-likeness (QED) is 0.629. The van der Waals surface area contributed by atoms with Gasteiger partial charge in [-0.3, -0.25) is 14.2 Å². The zero-order chi connectivity index (χ0) is 22.4. The molecule has 2 aromatic carbocycles. The minimum Gasteiger partial charge on any atom is -0.408 e. The smallest absolute Gasteiger partial charge is 0.408 e. The van der Waals surface area contributed by atoms with E-state index in [-0.39, 0.29) is 23.6 Å². The lowest BCUT2D eigenvalue weighted by Gasteiger charge is -2.32.